The quantitative estimate of drug-likeness (QED) is 0.837. The molecular formula is C15H25NO2S. The lowest BCUT2D eigenvalue weighted by Gasteiger charge is -2.17. The first-order chi connectivity index (χ1) is 8.84. The molecule has 0 aliphatic heterocycles. The van der Waals surface area contributed by atoms with Gasteiger partial charge in [-0.15, -0.1) is 0 Å². The molecule has 0 fully saturated rings. The zero-order valence-corrected chi connectivity index (χ0v) is 13.1. The summed E-state index contributed by atoms with van der Waals surface area (Å²) in [5, 5.41) is 3.11. The Balaban J connectivity index is 2.77. The van der Waals surface area contributed by atoms with Crippen LogP contribution in [0.4, 0.5) is 0 Å². The molecule has 19 heavy (non-hydrogen) atoms. The predicted octanol–water partition coefficient (Wildman–Crippen LogP) is 2.72. The maximum Gasteiger partial charge on any atom is 0.152 e. The van der Waals surface area contributed by atoms with Crippen LogP contribution in [-0.4, -0.2) is 27.0 Å². The molecular weight excluding hydrogens is 258 g/mol. The molecule has 1 N–H and O–H groups in total. The monoisotopic (exact) mass is 283 g/mol. The minimum Gasteiger partial charge on any atom is -0.312 e. The summed E-state index contributed by atoms with van der Waals surface area (Å²) in [4.78, 5) is 0. The fourth-order valence-electron chi connectivity index (χ4n) is 1.99. The van der Waals surface area contributed by atoms with Gasteiger partial charge in [0, 0.05) is 6.04 Å². The molecule has 4 heteroatoms. The van der Waals surface area contributed by atoms with E-state index in [-0.39, 0.29) is 17.5 Å². The topological polar surface area (TPSA) is 46.2 Å². The third kappa shape index (κ3) is 5.74. The minimum atomic E-state index is -3.01. The van der Waals surface area contributed by atoms with Crippen LogP contribution < -0.4 is 5.32 Å². The fraction of sp³-hybridized carbons (Fsp3) is 0.600. The van der Waals surface area contributed by atoms with Crippen LogP contribution in [0.2, 0.25) is 0 Å². The lowest BCUT2D eigenvalue weighted by atomic mass is 10.1. The molecule has 0 heterocycles. The molecule has 0 aliphatic carbocycles. The molecule has 1 aromatic carbocycles. The highest BCUT2D eigenvalue weighted by Gasteiger charge is 2.19. The Kier molecular flexibility index (Phi) is 6.01. The first-order valence-electron chi connectivity index (χ1n) is 6.78. The summed E-state index contributed by atoms with van der Waals surface area (Å²) >= 11 is 0. The Hall–Kier alpha value is -0.870. The molecule has 0 aromatic heterocycles. The van der Waals surface area contributed by atoms with Gasteiger partial charge in [-0.05, 0) is 31.9 Å². The molecule has 108 valence electrons. The highest BCUT2D eigenvalue weighted by molar-refractivity contribution is 7.91. The molecule has 0 saturated carbocycles. The average Bonchev–Trinajstić information content (AvgIpc) is 2.34. The molecule has 0 spiro atoms. The van der Waals surface area contributed by atoms with Crippen LogP contribution in [0.1, 0.15) is 37.4 Å². The number of benzene rings is 1. The standard InChI is InChI=1S/C15H25NO2S/c1-12(2)8-9-19(17,18)11-15(16-4)14-7-5-6-13(3)10-14/h5-7,10,12,15-16H,8-9,11H2,1-4H3. The van der Waals surface area contributed by atoms with E-state index in [0.29, 0.717) is 5.92 Å². The van der Waals surface area contributed by atoms with Crippen LogP contribution in [-0.2, 0) is 9.84 Å². The Morgan fingerprint density at radius 2 is 1.95 bits per heavy atom. The average molecular weight is 283 g/mol. The van der Waals surface area contributed by atoms with Gasteiger partial charge in [0.1, 0.15) is 0 Å². The normalized spacial score (nSPS) is 13.7. The number of sulfone groups is 1. The van der Waals surface area contributed by atoms with Crippen LogP contribution in [0.25, 0.3) is 0 Å². The van der Waals surface area contributed by atoms with Gasteiger partial charge in [0.2, 0.25) is 0 Å². The van der Waals surface area contributed by atoms with Crippen LogP contribution >= 0.6 is 0 Å². The Bertz CT molecular complexity index is 495. The largest absolute Gasteiger partial charge is 0.312 e. The summed E-state index contributed by atoms with van der Waals surface area (Å²) in [5.41, 5.74) is 2.19. The van der Waals surface area contributed by atoms with Crippen molar-refractivity contribution in [2.45, 2.75) is 33.2 Å². The minimum absolute atomic E-state index is 0.128. The zero-order valence-electron chi connectivity index (χ0n) is 12.3. The van der Waals surface area contributed by atoms with Crippen LogP contribution in [0.15, 0.2) is 24.3 Å². The maximum atomic E-state index is 12.1. The summed E-state index contributed by atoms with van der Waals surface area (Å²) in [6, 6.07) is 7.88. The number of aryl methyl sites for hydroxylation is 1. The van der Waals surface area contributed by atoms with Crippen molar-refractivity contribution in [1.82, 2.24) is 5.32 Å². The second-order valence-electron chi connectivity index (χ2n) is 5.55. The summed E-state index contributed by atoms with van der Waals surface area (Å²) in [6.45, 7) is 6.11. The lowest BCUT2D eigenvalue weighted by Crippen LogP contribution is -2.27. The van der Waals surface area contributed by atoms with Crippen molar-refractivity contribution >= 4 is 9.84 Å². The molecule has 1 atom stereocenters. The van der Waals surface area contributed by atoms with Crippen molar-refractivity contribution in [1.29, 1.82) is 0 Å². The molecule has 1 unspecified atom stereocenters. The van der Waals surface area contributed by atoms with Crippen molar-refractivity contribution in [3.05, 3.63) is 35.4 Å². The van der Waals surface area contributed by atoms with E-state index in [1.807, 2.05) is 52.1 Å². The molecule has 1 rings (SSSR count). The summed E-state index contributed by atoms with van der Waals surface area (Å²) in [7, 11) is -1.20. The maximum absolute atomic E-state index is 12.1. The smallest absolute Gasteiger partial charge is 0.152 e. The molecule has 3 nitrogen and oxygen atoms in total. The van der Waals surface area contributed by atoms with Gasteiger partial charge < -0.3 is 5.32 Å². The van der Waals surface area contributed by atoms with E-state index in [4.69, 9.17) is 0 Å². The van der Waals surface area contributed by atoms with Gasteiger partial charge in [0.15, 0.2) is 9.84 Å². The van der Waals surface area contributed by atoms with Gasteiger partial charge in [-0.2, -0.15) is 0 Å². The van der Waals surface area contributed by atoms with Crippen LogP contribution in [0.3, 0.4) is 0 Å². The van der Waals surface area contributed by atoms with E-state index in [0.717, 1.165) is 17.5 Å². The van der Waals surface area contributed by atoms with Crippen molar-refractivity contribution in [3.63, 3.8) is 0 Å². The van der Waals surface area contributed by atoms with Gasteiger partial charge in [-0.3, -0.25) is 0 Å². The highest BCUT2D eigenvalue weighted by atomic mass is 32.2. The molecule has 0 amide bonds. The number of hydrogen-bond donors (Lipinski definition) is 1. The Morgan fingerprint density at radius 1 is 1.26 bits per heavy atom. The van der Waals surface area contributed by atoms with E-state index in [9.17, 15) is 8.42 Å². The van der Waals surface area contributed by atoms with Crippen LogP contribution in [0, 0.1) is 12.8 Å². The molecule has 0 bridgehead atoms. The third-order valence-electron chi connectivity index (χ3n) is 3.22. The first kappa shape index (κ1) is 16.2. The van der Waals surface area contributed by atoms with Crippen molar-refractivity contribution < 1.29 is 8.42 Å². The third-order valence-corrected chi connectivity index (χ3v) is 4.92. The fourth-order valence-corrected chi connectivity index (χ4v) is 3.85. The van der Waals surface area contributed by atoms with Gasteiger partial charge in [-0.1, -0.05) is 43.7 Å². The molecule has 1 aromatic rings. The number of hydrogen-bond acceptors (Lipinski definition) is 3. The number of rotatable bonds is 7. The number of nitrogens with one attached hydrogen (secondary N) is 1. The highest BCUT2D eigenvalue weighted by Crippen LogP contribution is 2.17. The van der Waals surface area contributed by atoms with Crippen molar-refractivity contribution in [2.24, 2.45) is 5.92 Å². The van der Waals surface area contributed by atoms with Crippen LogP contribution in [0.5, 0.6) is 0 Å². The van der Waals surface area contributed by atoms with Gasteiger partial charge in [-0.25, -0.2) is 8.42 Å². The first-order valence-corrected chi connectivity index (χ1v) is 8.60. The van der Waals surface area contributed by atoms with E-state index in [1.54, 1.807) is 0 Å². The van der Waals surface area contributed by atoms with Gasteiger partial charge in [0.25, 0.3) is 0 Å². The van der Waals surface area contributed by atoms with Gasteiger partial charge >= 0.3 is 0 Å². The predicted molar refractivity (Wildman–Crippen MR) is 81.1 cm³/mol. The second-order valence-corrected chi connectivity index (χ2v) is 7.78. The summed E-state index contributed by atoms with van der Waals surface area (Å²) in [5.74, 6) is 0.857. The van der Waals surface area contributed by atoms with E-state index in [2.05, 4.69) is 5.32 Å². The van der Waals surface area contributed by atoms with Gasteiger partial charge in [0.05, 0.1) is 11.5 Å². The Labute approximate surface area is 117 Å². The van der Waals surface area contributed by atoms with E-state index < -0.39 is 9.84 Å². The SMILES string of the molecule is CNC(CS(=O)(=O)CCC(C)C)c1cccc(C)c1. The van der Waals surface area contributed by atoms with Crippen molar-refractivity contribution in [2.75, 3.05) is 18.6 Å². The van der Waals surface area contributed by atoms with Crippen molar-refractivity contribution in [3.8, 4) is 0 Å². The Morgan fingerprint density at radius 3 is 2.47 bits per heavy atom. The summed E-state index contributed by atoms with van der Waals surface area (Å²) < 4.78 is 24.2. The summed E-state index contributed by atoms with van der Waals surface area (Å²) in [6.07, 6.45) is 0.729. The lowest BCUT2D eigenvalue weighted by molar-refractivity contribution is 0.558. The molecule has 0 saturated heterocycles. The second kappa shape index (κ2) is 7.06. The van der Waals surface area contributed by atoms with E-state index in [1.165, 1.54) is 0 Å². The molecule has 0 aliphatic rings. The zero-order chi connectivity index (χ0) is 14.5. The molecule has 0 radical (unpaired) electrons. The van der Waals surface area contributed by atoms with E-state index >= 15 is 0 Å².